The maximum absolute atomic E-state index is 12.5. The van der Waals surface area contributed by atoms with E-state index in [1.54, 1.807) is 31.2 Å². The van der Waals surface area contributed by atoms with Gasteiger partial charge in [-0.3, -0.25) is 14.9 Å². The number of amides is 1. The first-order valence-electron chi connectivity index (χ1n) is 12.4. The zero-order valence-corrected chi connectivity index (χ0v) is 21.3. The van der Waals surface area contributed by atoms with Crippen LogP contribution in [0.3, 0.4) is 0 Å². The molecule has 3 aromatic carbocycles. The van der Waals surface area contributed by atoms with Crippen molar-refractivity contribution in [2.75, 3.05) is 11.9 Å². The third-order valence-electron chi connectivity index (χ3n) is 5.71. The standard InChI is InChI=1S/C30H33NO6/c1-3-4-17-35-30(34)31-27-15-13-23(14-16-27)19-28(32)36-21-25-11-8-12-26(18-25)22(2)29(33)37-20-24-9-6-5-7-10-24/h5-16,18,22H,3-4,17,19-21H2,1-2H3,(H,31,34). The van der Waals surface area contributed by atoms with E-state index in [0.717, 1.165) is 35.1 Å². The second kappa shape index (κ2) is 14.4. The van der Waals surface area contributed by atoms with Crippen molar-refractivity contribution in [2.45, 2.75) is 52.2 Å². The molecule has 1 atom stereocenters. The Hall–Kier alpha value is -4.13. The molecule has 0 fully saturated rings. The van der Waals surface area contributed by atoms with Gasteiger partial charge >= 0.3 is 18.0 Å². The summed E-state index contributed by atoms with van der Waals surface area (Å²) in [5.74, 6) is -1.14. The molecule has 0 aliphatic carbocycles. The topological polar surface area (TPSA) is 90.9 Å². The van der Waals surface area contributed by atoms with Gasteiger partial charge in [0, 0.05) is 5.69 Å². The quantitative estimate of drug-likeness (QED) is 0.181. The second-order valence-corrected chi connectivity index (χ2v) is 8.71. The van der Waals surface area contributed by atoms with Gasteiger partial charge in [-0.25, -0.2) is 4.79 Å². The van der Waals surface area contributed by atoms with Crippen molar-refractivity contribution in [1.82, 2.24) is 0 Å². The van der Waals surface area contributed by atoms with Crippen LogP contribution >= 0.6 is 0 Å². The number of ether oxygens (including phenoxy) is 3. The third kappa shape index (κ3) is 9.44. The lowest BCUT2D eigenvalue weighted by Gasteiger charge is -2.13. The smallest absolute Gasteiger partial charge is 0.411 e. The van der Waals surface area contributed by atoms with Crippen molar-refractivity contribution in [2.24, 2.45) is 0 Å². The number of benzene rings is 3. The molecule has 194 valence electrons. The lowest BCUT2D eigenvalue weighted by atomic mass is 9.99. The monoisotopic (exact) mass is 503 g/mol. The van der Waals surface area contributed by atoms with Crippen LogP contribution in [0, 0.1) is 0 Å². The summed E-state index contributed by atoms with van der Waals surface area (Å²) in [6, 6.07) is 23.8. The summed E-state index contributed by atoms with van der Waals surface area (Å²) in [5, 5.41) is 2.66. The molecule has 0 aromatic heterocycles. The summed E-state index contributed by atoms with van der Waals surface area (Å²) >= 11 is 0. The molecule has 1 unspecified atom stereocenters. The molecule has 1 N–H and O–H groups in total. The van der Waals surface area contributed by atoms with Crippen LogP contribution in [-0.4, -0.2) is 24.6 Å². The predicted molar refractivity (Wildman–Crippen MR) is 141 cm³/mol. The Balaban J connectivity index is 1.45. The molecule has 0 saturated heterocycles. The molecular formula is C30H33NO6. The van der Waals surface area contributed by atoms with Crippen LogP contribution in [0.5, 0.6) is 0 Å². The first-order chi connectivity index (χ1) is 17.9. The van der Waals surface area contributed by atoms with Gasteiger partial charge in [0.25, 0.3) is 0 Å². The molecule has 37 heavy (non-hydrogen) atoms. The van der Waals surface area contributed by atoms with Crippen LogP contribution < -0.4 is 5.32 Å². The van der Waals surface area contributed by atoms with E-state index < -0.39 is 12.0 Å². The maximum Gasteiger partial charge on any atom is 0.411 e. The summed E-state index contributed by atoms with van der Waals surface area (Å²) < 4.78 is 16.0. The highest BCUT2D eigenvalue weighted by Gasteiger charge is 2.17. The lowest BCUT2D eigenvalue weighted by Crippen LogP contribution is -2.14. The molecule has 0 heterocycles. The Bertz CT molecular complexity index is 1160. The van der Waals surface area contributed by atoms with Crippen molar-refractivity contribution in [1.29, 1.82) is 0 Å². The molecule has 0 aliphatic rings. The Kier molecular flexibility index (Phi) is 10.7. The molecule has 0 aliphatic heterocycles. The number of esters is 2. The summed E-state index contributed by atoms with van der Waals surface area (Å²) in [6.45, 7) is 4.52. The minimum atomic E-state index is -0.499. The number of hydrogen-bond acceptors (Lipinski definition) is 6. The molecule has 1 amide bonds. The molecule has 3 aromatic rings. The maximum atomic E-state index is 12.5. The Morgan fingerprint density at radius 3 is 2.22 bits per heavy atom. The molecule has 3 rings (SSSR count). The number of unbranched alkanes of at least 4 members (excludes halogenated alkanes) is 1. The summed E-state index contributed by atoms with van der Waals surface area (Å²) in [5.41, 5.74) is 3.86. The summed E-state index contributed by atoms with van der Waals surface area (Å²) in [4.78, 5) is 36.6. The molecule has 7 heteroatoms. The van der Waals surface area contributed by atoms with Crippen molar-refractivity contribution >= 4 is 23.7 Å². The van der Waals surface area contributed by atoms with E-state index in [2.05, 4.69) is 5.32 Å². The highest BCUT2D eigenvalue weighted by atomic mass is 16.5. The number of rotatable bonds is 12. The predicted octanol–water partition coefficient (Wildman–Crippen LogP) is 6.17. The fourth-order valence-corrected chi connectivity index (χ4v) is 3.49. The Labute approximate surface area is 217 Å². The van der Waals surface area contributed by atoms with Gasteiger partial charge in [0.05, 0.1) is 18.9 Å². The number of nitrogens with one attached hydrogen (secondary N) is 1. The van der Waals surface area contributed by atoms with Crippen molar-refractivity contribution in [3.63, 3.8) is 0 Å². The number of hydrogen-bond donors (Lipinski definition) is 1. The van der Waals surface area contributed by atoms with Gasteiger partial charge in [-0.05, 0) is 47.7 Å². The van der Waals surface area contributed by atoms with E-state index in [9.17, 15) is 14.4 Å². The number of anilines is 1. The van der Waals surface area contributed by atoms with Gasteiger partial charge in [-0.2, -0.15) is 0 Å². The van der Waals surface area contributed by atoms with Crippen LogP contribution in [0.1, 0.15) is 54.9 Å². The second-order valence-electron chi connectivity index (χ2n) is 8.71. The Morgan fingerprint density at radius 2 is 1.49 bits per heavy atom. The van der Waals surface area contributed by atoms with Crippen LogP contribution in [-0.2, 0) is 43.4 Å². The van der Waals surface area contributed by atoms with Crippen molar-refractivity contribution < 1.29 is 28.6 Å². The van der Waals surface area contributed by atoms with Crippen molar-refractivity contribution in [3.8, 4) is 0 Å². The van der Waals surface area contributed by atoms with Crippen LogP contribution in [0.25, 0.3) is 0 Å². The molecule has 0 radical (unpaired) electrons. The van der Waals surface area contributed by atoms with E-state index in [4.69, 9.17) is 14.2 Å². The Morgan fingerprint density at radius 1 is 0.784 bits per heavy atom. The van der Waals surface area contributed by atoms with E-state index in [1.807, 2.05) is 61.5 Å². The highest BCUT2D eigenvalue weighted by Crippen LogP contribution is 2.20. The highest BCUT2D eigenvalue weighted by molar-refractivity contribution is 5.84. The van der Waals surface area contributed by atoms with Gasteiger partial charge in [-0.15, -0.1) is 0 Å². The van der Waals surface area contributed by atoms with E-state index in [1.165, 1.54) is 0 Å². The van der Waals surface area contributed by atoms with Gasteiger partial charge < -0.3 is 14.2 Å². The van der Waals surface area contributed by atoms with E-state index in [0.29, 0.717) is 12.3 Å². The van der Waals surface area contributed by atoms with Crippen LogP contribution in [0.4, 0.5) is 10.5 Å². The summed E-state index contributed by atoms with van der Waals surface area (Å²) in [6.07, 6.45) is 1.37. The third-order valence-corrected chi connectivity index (χ3v) is 5.71. The molecule has 0 bridgehead atoms. The fraction of sp³-hybridized carbons (Fsp3) is 0.300. The first kappa shape index (κ1) is 27.5. The molecule has 7 nitrogen and oxygen atoms in total. The van der Waals surface area contributed by atoms with Crippen molar-refractivity contribution in [3.05, 3.63) is 101 Å². The van der Waals surface area contributed by atoms with Gasteiger partial charge in [-0.1, -0.05) is 80.1 Å². The average Bonchev–Trinajstić information content (AvgIpc) is 2.92. The van der Waals surface area contributed by atoms with Crippen LogP contribution in [0.15, 0.2) is 78.9 Å². The van der Waals surface area contributed by atoms with E-state index >= 15 is 0 Å². The fourth-order valence-electron chi connectivity index (χ4n) is 3.49. The van der Waals surface area contributed by atoms with Crippen LogP contribution in [0.2, 0.25) is 0 Å². The minimum absolute atomic E-state index is 0.0989. The normalized spacial score (nSPS) is 11.3. The summed E-state index contributed by atoms with van der Waals surface area (Å²) in [7, 11) is 0. The minimum Gasteiger partial charge on any atom is -0.461 e. The lowest BCUT2D eigenvalue weighted by molar-refractivity contribution is -0.146. The van der Waals surface area contributed by atoms with Gasteiger partial charge in [0.2, 0.25) is 0 Å². The molecular weight excluding hydrogens is 470 g/mol. The molecule has 0 spiro atoms. The largest absolute Gasteiger partial charge is 0.461 e. The zero-order chi connectivity index (χ0) is 26.5. The SMILES string of the molecule is CCCCOC(=O)Nc1ccc(CC(=O)OCc2cccc(C(C)C(=O)OCc3ccccc3)c2)cc1. The number of carbonyl (C=O) groups is 3. The number of carbonyl (C=O) groups excluding carboxylic acids is 3. The average molecular weight is 504 g/mol. The van der Waals surface area contributed by atoms with E-state index in [-0.39, 0.29) is 31.6 Å². The molecule has 0 saturated carbocycles. The zero-order valence-electron chi connectivity index (χ0n) is 21.3. The van der Waals surface area contributed by atoms with Gasteiger partial charge in [0.1, 0.15) is 13.2 Å². The van der Waals surface area contributed by atoms with Gasteiger partial charge in [0.15, 0.2) is 0 Å². The first-order valence-corrected chi connectivity index (χ1v) is 12.4.